The summed E-state index contributed by atoms with van der Waals surface area (Å²) in [5.41, 5.74) is 2.98. The maximum atomic E-state index is 13.2. The quantitative estimate of drug-likeness (QED) is 0.531. The van der Waals surface area contributed by atoms with Crippen molar-refractivity contribution in [3.05, 3.63) is 54.3 Å². The highest BCUT2D eigenvalue weighted by Gasteiger charge is 2.14. The first-order chi connectivity index (χ1) is 13.2. The Hall–Kier alpha value is -3.00. The molecule has 2 aromatic heterocycles. The van der Waals surface area contributed by atoms with Crippen molar-refractivity contribution in [2.45, 2.75) is 18.6 Å². The van der Waals surface area contributed by atoms with Crippen LogP contribution in [0.15, 0.2) is 53.7 Å². The molecule has 0 aliphatic carbocycles. The van der Waals surface area contributed by atoms with Gasteiger partial charge in [-0.05, 0) is 31.2 Å². The first-order valence-electron chi connectivity index (χ1n) is 8.45. The van der Waals surface area contributed by atoms with Gasteiger partial charge in [-0.2, -0.15) is 0 Å². The fourth-order valence-corrected chi connectivity index (χ4v) is 3.55. The maximum Gasteiger partial charge on any atom is 0.234 e. The predicted octanol–water partition coefficient (Wildman–Crippen LogP) is 3.87. The minimum Gasteiger partial charge on any atom is -0.325 e. The van der Waals surface area contributed by atoms with Gasteiger partial charge in [-0.3, -0.25) is 4.79 Å². The van der Waals surface area contributed by atoms with Gasteiger partial charge in [0.2, 0.25) is 11.1 Å². The lowest BCUT2D eigenvalue weighted by Gasteiger charge is -2.05. The van der Waals surface area contributed by atoms with Crippen LogP contribution in [0.5, 0.6) is 0 Å². The molecule has 1 amide bonds. The molecule has 1 N–H and O–H groups in total. The van der Waals surface area contributed by atoms with Gasteiger partial charge in [0.05, 0.1) is 11.3 Å². The summed E-state index contributed by atoms with van der Waals surface area (Å²) in [4.78, 5) is 16.7. The van der Waals surface area contributed by atoms with E-state index in [4.69, 9.17) is 0 Å². The van der Waals surface area contributed by atoms with Crippen LogP contribution in [0.25, 0.3) is 22.1 Å². The number of rotatable bonds is 5. The van der Waals surface area contributed by atoms with Gasteiger partial charge in [-0.25, -0.2) is 9.37 Å². The Kier molecular flexibility index (Phi) is 4.72. The van der Waals surface area contributed by atoms with E-state index in [-0.39, 0.29) is 11.7 Å². The van der Waals surface area contributed by atoms with Crippen molar-refractivity contribution < 1.29 is 9.18 Å². The summed E-state index contributed by atoms with van der Waals surface area (Å²) in [6, 6.07) is 13.7. The Balaban J connectivity index is 1.54. The van der Waals surface area contributed by atoms with Gasteiger partial charge in [0.15, 0.2) is 5.65 Å². The van der Waals surface area contributed by atoms with Gasteiger partial charge < -0.3 is 9.88 Å². The van der Waals surface area contributed by atoms with Gasteiger partial charge in [-0.15, -0.1) is 10.2 Å². The first-order valence-corrected chi connectivity index (χ1v) is 9.44. The van der Waals surface area contributed by atoms with Gasteiger partial charge >= 0.3 is 0 Å². The van der Waals surface area contributed by atoms with Crippen LogP contribution in [0.2, 0.25) is 0 Å². The van der Waals surface area contributed by atoms with Crippen molar-refractivity contribution >= 4 is 45.4 Å². The molecule has 0 radical (unpaired) electrons. The number of carbonyl (C=O) groups excluding carboxylic acids is 1. The smallest absolute Gasteiger partial charge is 0.234 e. The number of carbonyl (C=O) groups is 1. The summed E-state index contributed by atoms with van der Waals surface area (Å²) in [5.74, 6) is -0.549. The van der Waals surface area contributed by atoms with E-state index in [1.807, 2.05) is 31.2 Å². The standard InChI is InChI=1S/C19H16FN5OS/c1-2-25-15-9-4-3-8-14(15)17-18(25)22-19(24-23-17)27-11-16(26)21-13-7-5-6-12(20)10-13/h3-10H,2,11H2,1H3,(H,21,26). The molecule has 0 bridgehead atoms. The van der Waals surface area contributed by atoms with Crippen LogP contribution >= 0.6 is 11.8 Å². The first kappa shape index (κ1) is 17.4. The highest BCUT2D eigenvalue weighted by molar-refractivity contribution is 7.99. The fourth-order valence-electron chi connectivity index (χ4n) is 2.96. The number of hydrogen-bond acceptors (Lipinski definition) is 5. The van der Waals surface area contributed by atoms with Crippen molar-refractivity contribution in [3.8, 4) is 0 Å². The minimum atomic E-state index is -0.397. The average molecular weight is 381 g/mol. The second kappa shape index (κ2) is 7.32. The number of anilines is 1. The number of nitrogens with zero attached hydrogens (tertiary/aromatic N) is 4. The summed E-state index contributed by atoms with van der Waals surface area (Å²) in [6.07, 6.45) is 0. The van der Waals surface area contributed by atoms with Gasteiger partial charge in [0, 0.05) is 17.6 Å². The monoisotopic (exact) mass is 381 g/mol. The maximum absolute atomic E-state index is 13.2. The van der Waals surface area contributed by atoms with Crippen LogP contribution in [-0.4, -0.2) is 31.4 Å². The molecule has 0 saturated heterocycles. The number of aryl methyl sites for hydroxylation is 1. The molecule has 4 aromatic rings. The van der Waals surface area contributed by atoms with Crippen LogP contribution in [0.4, 0.5) is 10.1 Å². The normalized spacial score (nSPS) is 11.2. The third-order valence-electron chi connectivity index (χ3n) is 4.11. The van der Waals surface area contributed by atoms with Crippen molar-refractivity contribution in [3.63, 3.8) is 0 Å². The summed E-state index contributed by atoms with van der Waals surface area (Å²) < 4.78 is 15.3. The molecule has 0 aliphatic heterocycles. The second-order valence-electron chi connectivity index (χ2n) is 5.88. The van der Waals surface area contributed by atoms with Crippen LogP contribution in [0.3, 0.4) is 0 Å². The van der Waals surface area contributed by atoms with E-state index in [1.54, 1.807) is 12.1 Å². The summed E-state index contributed by atoms with van der Waals surface area (Å²) in [6.45, 7) is 2.81. The van der Waals surface area contributed by atoms with Crippen LogP contribution in [0, 0.1) is 5.82 Å². The molecule has 0 unspecified atom stereocenters. The Morgan fingerprint density at radius 2 is 2.04 bits per heavy atom. The van der Waals surface area contributed by atoms with E-state index in [1.165, 1.54) is 23.9 Å². The molecule has 27 heavy (non-hydrogen) atoms. The van der Waals surface area contributed by atoms with E-state index in [9.17, 15) is 9.18 Å². The Morgan fingerprint density at radius 3 is 2.85 bits per heavy atom. The van der Waals surface area contributed by atoms with E-state index in [0.717, 1.165) is 28.6 Å². The molecule has 0 spiro atoms. The average Bonchev–Trinajstić information content (AvgIpc) is 2.99. The Labute approximate surface area is 158 Å². The highest BCUT2D eigenvalue weighted by atomic mass is 32.2. The van der Waals surface area contributed by atoms with E-state index < -0.39 is 5.82 Å². The Bertz CT molecular complexity index is 1140. The lowest BCUT2D eigenvalue weighted by atomic mass is 10.2. The second-order valence-corrected chi connectivity index (χ2v) is 6.82. The number of amides is 1. The molecule has 4 rings (SSSR count). The third-order valence-corrected chi connectivity index (χ3v) is 4.95. The fraction of sp³-hybridized carbons (Fsp3) is 0.158. The van der Waals surface area contributed by atoms with Crippen molar-refractivity contribution in [2.75, 3.05) is 11.1 Å². The SMILES string of the molecule is CCn1c2ccccc2c2nnc(SCC(=O)Nc3cccc(F)c3)nc21. The summed E-state index contributed by atoms with van der Waals surface area (Å²) in [7, 11) is 0. The zero-order chi connectivity index (χ0) is 18.8. The molecule has 0 saturated carbocycles. The van der Waals surface area contributed by atoms with Crippen LogP contribution in [0.1, 0.15) is 6.92 Å². The number of benzene rings is 2. The zero-order valence-corrected chi connectivity index (χ0v) is 15.3. The molecule has 6 nitrogen and oxygen atoms in total. The zero-order valence-electron chi connectivity index (χ0n) is 14.5. The number of fused-ring (bicyclic) bond motifs is 3. The largest absolute Gasteiger partial charge is 0.325 e. The van der Waals surface area contributed by atoms with Crippen molar-refractivity contribution in [1.82, 2.24) is 19.7 Å². The number of thioether (sulfide) groups is 1. The molecule has 0 fully saturated rings. The molecule has 0 aliphatic rings. The summed E-state index contributed by atoms with van der Waals surface area (Å²) >= 11 is 1.19. The molecular weight excluding hydrogens is 365 g/mol. The number of nitrogens with one attached hydrogen (secondary N) is 1. The van der Waals surface area contributed by atoms with Gasteiger partial charge in [0.25, 0.3) is 0 Å². The summed E-state index contributed by atoms with van der Waals surface area (Å²) in [5, 5.41) is 12.5. The van der Waals surface area contributed by atoms with Crippen molar-refractivity contribution in [1.29, 1.82) is 0 Å². The van der Waals surface area contributed by atoms with Crippen LogP contribution < -0.4 is 5.32 Å². The molecule has 8 heteroatoms. The Morgan fingerprint density at radius 1 is 1.19 bits per heavy atom. The van der Waals surface area contributed by atoms with Gasteiger partial charge in [0.1, 0.15) is 11.3 Å². The molecule has 136 valence electrons. The molecule has 2 aromatic carbocycles. The van der Waals surface area contributed by atoms with Crippen LogP contribution in [-0.2, 0) is 11.3 Å². The lowest BCUT2D eigenvalue weighted by molar-refractivity contribution is -0.113. The molecule has 2 heterocycles. The highest BCUT2D eigenvalue weighted by Crippen LogP contribution is 2.27. The number of aromatic nitrogens is 4. The predicted molar refractivity (Wildman–Crippen MR) is 104 cm³/mol. The lowest BCUT2D eigenvalue weighted by Crippen LogP contribution is -2.14. The van der Waals surface area contributed by atoms with Gasteiger partial charge in [-0.1, -0.05) is 36.0 Å². The molecular formula is C19H16FN5OS. The number of halogens is 1. The topological polar surface area (TPSA) is 72.7 Å². The van der Waals surface area contributed by atoms with Crippen molar-refractivity contribution in [2.24, 2.45) is 0 Å². The van der Waals surface area contributed by atoms with E-state index >= 15 is 0 Å². The number of hydrogen-bond donors (Lipinski definition) is 1. The molecule has 0 atom stereocenters. The minimum absolute atomic E-state index is 0.107. The van der Waals surface area contributed by atoms with E-state index in [0.29, 0.717) is 10.8 Å². The van der Waals surface area contributed by atoms with E-state index in [2.05, 4.69) is 25.1 Å². The number of para-hydroxylation sites is 1. The third kappa shape index (κ3) is 3.48.